The van der Waals surface area contributed by atoms with Gasteiger partial charge in [0, 0.05) is 33.4 Å². The zero-order chi connectivity index (χ0) is 21.3. The van der Waals surface area contributed by atoms with Crippen LogP contribution in [-0.2, 0) is 11.3 Å². The van der Waals surface area contributed by atoms with Crippen LogP contribution in [0.3, 0.4) is 0 Å². The van der Waals surface area contributed by atoms with Gasteiger partial charge in [0.1, 0.15) is 0 Å². The van der Waals surface area contributed by atoms with E-state index in [1.54, 1.807) is 31.4 Å². The molecule has 0 saturated carbocycles. The van der Waals surface area contributed by atoms with Crippen molar-refractivity contribution in [2.75, 3.05) is 19.0 Å². The second kappa shape index (κ2) is 8.03. The number of thiazole rings is 1. The number of aromatic nitrogens is 4. The van der Waals surface area contributed by atoms with E-state index in [1.807, 2.05) is 47.0 Å². The summed E-state index contributed by atoms with van der Waals surface area (Å²) >= 11 is 1.35. The van der Waals surface area contributed by atoms with Crippen molar-refractivity contribution in [1.82, 2.24) is 24.3 Å². The summed E-state index contributed by atoms with van der Waals surface area (Å²) in [5.41, 5.74) is 1.87. The Balaban J connectivity index is 1.71. The predicted octanol–water partition coefficient (Wildman–Crippen LogP) is 3.11. The Morgan fingerprint density at radius 3 is 2.63 bits per heavy atom. The van der Waals surface area contributed by atoms with Gasteiger partial charge in [-0.05, 0) is 24.3 Å². The van der Waals surface area contributed by atoms with Gasteiger partial charge in [-0.2, -0.15) is 0 Å². The van der Waals surface area contributed by atoms with Crippen LogP contribution in [0.15, 0.2) is 55.0 Å². The van der Waals surface area contributed by atoms with Crippen LogP contribution in [0.2, 0.25) is 0 Å². The Kier molecular flexibility index (Phi) is 5.28. The third-order valence-corrected chi connectivity index (χ3v) is 5.77. The van der Waals surface area contributed by atoms with Gasteiger partial charge in [0.25, 0.3) is 5.91 Å². The quantitative estimate of drug-likeness (QED) is 0.495. The fourth-order valence-electron chi connectivity index (χ4n) is 3.01. The molecule has 0 N–H and O–H groups in total. The first kappa shape index (κ1) is 19.7. The first-order chi connectivity index (χ1) is 14.5. The molecule has 0 fully saturated rings. The molecule has 0 bridgehead atoms. The zero-order valence-electron chi connectivity index (χ0n) is 16.8. The van der Waals surface area contributed by atoms with Gasteiger partial charge in [-0.1, -0.05) is 23.5 Å². The van der Waals surface area contributed by atoms with Crippen molar-refractivity contribution in [2.24, 2.45) is 0 Å². The molecule has 152 valence electrons. The molecule has 0 aromatic carbocycles. The van der Waals surface area contributed by atoms with E-state index < -0.39 is 0 Å². The van der Waals surface area contributed by atoms with Gasteiger partial charge in [-0.25, -0.2) is 9.97 Å². The smallest absolute Gasteiger partial charge is 0.274 e. The SMILES string of the molecule is CC(=O)N(C)c1ncc(-c2nc(C(=O)N(C)Cc3ccccn3)c3ccccn23)s1. The van der Waals surface area contributed by atoms with Crippen molar-refractivity contribution in [1.29, 1.82) is 0 Å². The minimum atomic E-state index is -0.193. The van der Waals surface area contributed by atoms with Crippen LogP contribution in [0.1, 0.15) is 23.1 Å². The minimum Gasteiger partial charge on any atom is -0.334 e. The maximum atomic E-state index is 13.2. The molecular weight excluding hydrogens is 400 g/mol. The Morgan fingerprint density at radius 2 is 1.90 bits per heavy atom. The molecule has 0 atom stereocenters. The number of amides is 2. The van der Waals surface area contributed by atoms with E-state index in [0.29, 0.717) is 28.7 Å². The Hall–Kier alpha value is -3.59. The number of rotatable bonds is 5. The molecule has 9 heteroatoms. The van der Waals surface area contributed by atoms with Crippen LogP contribution in [0, 0.1) is 0 Å². The molecule has 0 radical (unpaired) electrons. The number of carbonyl (C=O) groups is 2. The molecule has 4 heterocycles. The molecule has 2 amide bonds. The number of pyridine rings is 2. The highest BCUT2D eigenvalue weighted by molar-refractivity contribution is 7.19. The van der Waals surface area contributed by atoms with Crippen molar-refractivity contribution in [3.05, 3.63) is 66.4 Å². The molecule has 8 nitrogen and oxygen atoms in total. The fourth-order valence-corrected chi connectivity index (χ4v) is 3.92. The standard InChI is InChI=1S/C21H20N6O2S/c1-14(28)26(3)21-23-12-17(30-21)19-24-18(16-9-5-7-11-27(16)19)20(29)25(2)13-15-8-4-6-10-22-15/h4-12H,13H2,1-3H3. The highest BCUT2D eigenvalue weighted by atomic mass is 32.1. The van der Waals surface area contributed by atoms with Gasteiger partial charge in [-0.15, -0.1) is 0 Å². The predicted molar refractivity (Wildman–Crippen MR) is 115 cm³/mol. The van der Waals surface area contributed by atoms with Crippen LogP contribution in [0.5, 0.6) is 0 Å². The summed E-state index contributed by atoms with van der Waals surface area (Å²) in [4.78, 5) is 41.9. The lowest BCUT2D eigenvalue weighted by Crippen LogP contribution is -2.27. The number of fused-ring (bicyclic) bond motifs is 1. The Morgan fingerprint density at radius 1 is 1.10 bits per heavy atom. The third-order valence-electron chi connectivity index (χ3n) is 4.70. The van der Waals surface area contributed by atoms with E-state index >= 15 is 0 Å². The topological polar surface area (TPSA) is 83.7 Å². The van der Waals surface area contributed by atoms with Crippen LogP contribution < -0.4 is 4.90 Å². The molecule has 30 heavy (non-hydrogen) atoms. The van der Waals surface area contributed by atoms with Crippen molar-refractivity contribution < 1.29 is 9.59 Å². The normalized spacial score (nSPS) is 10.9. The third kappa shape index (κ3) is 3.67. The molecular formula is C21H20N6O2S. The average molecular weight is 420 g/mol. The first-order valence-electron chi connectivity index (χ1n) is 9.28. The van der Waals surface area contributed by atoms with Gasteiger partial charge >= 0.3 is 0 Å². The summed E-state index contributed by atoms with van der Waals surface area (Å²) in [7, 11) is 3.41. The summed E-state index contributed by atoms with van der Waals surface area (Å²) in [6, 6.07) is 11.2. The summed E-state index contributed by atoms with van der Waals surface area (Å²) in [6.45, 7) is 1.87. The van der Waals surface area contributed by atoms with Crippen LogP contribution >= 0.6 is 11.3 Å². The second-order valence-corrected chi connectivity index (χ2v) is 7.82. The van der Waals surface area contributed by atoms with Crippen molar-refractivity contribution in [3.63, 3.8) is 0 Å². The monoisotopic (exact) mass is 420 g/mol. The van der Waals surface area contributed by atoms with Crippen molar-refractivity contribution in [3.8, 4) is 10.7 Å². The molecule has 0 aliphatic rings. The van der Waals surface area contributed by atoms with E-state index in [9.17, 15) is 9.59 Å². The van der Waals surface area contributed by atoms with E-state index in [4.69, 9.17) is 0 Å². The number of hydrogen-bond donors (Lipinski definition) is 0. The van der Waals surface area contributed by atoms with Gasteiger partial charge in [-0.3, -0.25) is 23.9 Å². The number of imidazole rings is 1. The Labute approximate surface area is 177 Å². The summed E-state index contributed by atoms with van der Waals surface area (Å²) in [6.07, 6.45) is 5.24. The highest BCUT2D eigenvalue weighted by Crippen LogP contribution is 2.31. The lowest BCUT2D eigenvalue weighted by molar-refractivity contribution is -0.116. The molecule has 0 aliphatic heterocycles. The molecule has 4 rings (SSSR count). The molecule has 0 unspecified atom stereocenters. The maximum Gasteiger partial charge on any atom is 0.274 e. The number of anilines is 1. The number of carbonyl (C=O) groups excluding carboxylic acids is 2. The second-order valence-electron chi connectivity index (χ2n) is 6.81. The molecule has 4 aromatic rings. The first-order valence-corrected chi connectivity index (χ1v) is 10.1. The largest absolute Gasteiger partial charge is 0.334 e. The van der Waals surface area contributed by atoms with Gasteiger partial charge in [0.2, 0.25) is 5.91 Å². The van der Waals surface area contributed by atoms with Crippen molar-refractivity contribution >= 4 is 33.8 Å². The van der Waals surface area contributed by atoms with Crippen molar-refractivity contribution in [2.45, 2.75) is 13.5 Å². The number of hydrogen-bond acceptors (Lipinski definition) is 6. The van der Waals surface area contributed by atoms with Gasteiger partial charge in [0.15, 0.2) is 16.6 Å². The average Bonchev–Trinajstić information content (AvgIpc) is 3.38. The molecule has 4 aromatic heterocycles. The van der Waals surface area contributed by atoms with Gasteiger partial charge in [0.05, 0.1) is 28.8 Å². The van der Waals surface area contributed by atoms with Crippen LogP contribution in [0.25, 0.3) is 16.2 Å². The van der Waals surface area contributed by atoms with E-state index in [-0.39, 0.29) is 11.8 Å². The summed E-state index contributed by atoms with van der Waals surface area (Å²) in [5.74, 6) is 0.318. The van der Waals surface area contributed by atoms with E-state index in [2.05, 4.69) is 15.0 Å². The highest BCUT2D eigenvalue weighted by Gasteiger charge is 2.23. The van der Waals surface area contributed by atoms with E-state index in [0.717, 1.165) is 10.6 Å². The summed E-state index contributed by atoms with van der Waals surface area (Å²) in [5, 5.41) is 0.574. The molecule has 0 saturated heterocycles. The lowest BCUT2D eigenvalue weighted by Gasteiger charge is -2.15. The Bertz CT molecular complexity index is 1220. The maximum absolute atomic E-state index is 13.2. The number of nitrogens with zero attached hydrogens (tertiary/aromatic N) is 6. The molecule has 0 aliphatic carbocycles. The lowest BCUT2D eigenvalue weighted by atomic mass is 10.3. The summed E-state index contributed by atoms with van der Waals surface area (Å²) < 4.78 is 1.87. The van der Waals surface area contributed by atoms with Crippen LogP contribution in [-0.4, -0.2) is 50.2 Å². The van der Waals surface area contributed by atoms with Gasteiger partial charge < -0.3 is 4.90 Å². The zero-order valence-corrected chi connectivity index (χ0v) is 17.6. The fraction of sp³-hybridized carbons (Fsp3) is 0.190. The van der Waals surface area contributed by atoms with Crippen LogP contribution in [0.4, 0.5) is 5.13 Å². The minimum absolute atomic E-state index is 0.101. The molecule has 0 spiro atoms. The van der Waals surface area contributed by atoms with E-state index in [1.165, 1.54) is 23.2 Å².